The van der Waals surface area contributed by atoms with Gasteiger partial charge in [-0.15, -0.1) is 4.40 Å². The van der Waals surface area contributed by atoms with Gasteiger partial charge in [-0.25, -0.2) is 0 Å². The van der Waals surface area contributed by atoms with E-state index in [1.165, 1.54) is 37.6 Å². The number of amides is 1. The van der Waals surface area contributed by atoms with E-state index in [0.717, 1.165) is 12.1 Å². The van der Waals surface area contributed by atoms with Crippen LogP contribution in [0.1, 0.15) is 29.5 Å². The van der Waals surface area contributed by atoms with Crippen LogP contribution < -0.4 is 5.32 Å². The molecule has 7 nitrogen and oxygen atoms in total. The van der Waals surface area contributed by atoms with Crippen molar-refractivity contribution in [3.05, 3.63) is 65.2 Å². The van der Waals surface area contributed by atoms with Gasteiger partial charge in [-0.1, -0.05) is 36.4 Å². The van der Waals surface area contributed by atoms with Crippen LogP contribution in [0.15, 0.2) is 57.8 Å². The molecule has 1 N–H and O–H groups in total. The third kappa shape index (κ3) is 4.55. The first-order valence-corrected chi connectivity index (χ1v) is 11.6. The minimum absolute atomic E-state index is 0.0235. The van der Waals surface area contributed by atoms with E-state index in [4.69, 9.17) is 0 Å². The van der Waals surface area contributed by atoms with Crippen molar-refractivity contribution in [2.75, 3.05) is 26.7 Å². The van der Waals surface area contributed by atoms with Gasteiger partial charge in [0.15, 0.2) is 5.84 Å². The minimum Gasteiger partial charge on any atom is -0.350 e. The number of carbonyl (C=O) groups is 1. The number of benzene rings is 2. The zero-order valence-corrected chi connectivity index (χ0v) is 17.9. The Bertz CT molecular complexity index is 1060. The lowest BCUT2D eigenvalue weighted by Crippen LogP contribution is -2.38. The Morgan fingerprint density at radius 3 is 2.47 bits per heavy atom. The van der Waals surface area contributed by atoms with Gasteiger partial charge in [0, 0.05) is 25.7 Å². The summed E-state index contributed by atoms with van der Waals surface area (Å²) in [6.45, 7) is 3.77. The van der Waals surface area contributed by atoms with Gasteiger partial charge in [0.25, 0.3) is 10.0 Å². The van der Waals surface area contributed by atoms with Gasteiger partial charge in [-0.05, 0) is 49.2 Å². The number of likely N-dealkylation sites (N-methyl/N-ethyl adjacent to an activating group) is 1. The molecule has 30 heavy (non-hydrogen) atoms. The van der Waals surface area contributed by atoms with Gasteiger partial charge in [0.2, 0.25) is 5.91 Å². The molecule has 2 aromatic carbocycles. The molecule has 8 heteroatoms. The third-order valence-electron chi connectivity index (χ3n) is 5.47. The number of rotatable bonds is 6. The number of hydrogen-bond donors (Lipinski definition) is 1. The van der Waals surface area contributed by atoms with Crippen molar-refractivity contribution >= 4 is 21.8 Å². The molecule has 2 aromatic rings. The molecular formula is C22H26N4O3S. The highest BCUT2D eigenvalue weighted by Crippen LogP contribution is 2.26. The van der Waals surface area contributed by atoms with E-state index in [1.54, 1.807) is 30.1 Å². The maximum absolute atomic E-state index is 12.4. The zero-order chi connectivity index (χ0) is 21.1. The quantitative estimate of drug-likeness (QED) is 0.764. The van der Waals surface area contributed by atoms with Crippen molar-refractivity contribution in [3.8, 4) is 0 Å². The number of nitrogens with one attached hydrogen (secondary N) is 1. The first-order chi connectivity index (χ1) is 14.4. The summed E-state index contributed by atoms with van der Waals surface area (Å²) in [6.07, 6.45) is 2.56. The number of carbonyl (C=O) groups excluding carboxylic acids is 1. The Morgan fingerprint density at radius 1 is 1.07 bits per heavy atom. The van der Waals surface area contributed by atoms with Crippen LogP contribution in [-0.2, 0) is 27.9 Å². The fraction of sp³-hybridized carbons (Fsp3) is 0.364. The molecular weight excluding hydrogens is 400 g/mol. The molecule has 0 saturated carbocycles. The van der Waals surface area contributed by atoms with Crippen molar-refractivity contribution in [1.29, 1.82) is 0 Å². The molecule has 0 aromatic heterocycles. The third-order valence-corrected chi connectivity index (χ3v) is 6.80. The lowest BCUT2D eigenvalue weighted by molar-refractivity contribution is -0.121. The molecule has 0 aliphatic carbocycles. The van der Waals surface area contributed by atoms with Crippen LogP contribution in [-0.4, -0.2) is 56.6 Å². The van der Waals surface area contributed by atoms with Crippen LogP contribution in [0.25, 0.3) is 0 Å². The van der Waals surface area contributed by atoms with Crippen LogP contribution in [0.5, 0.6) is 0 Å². The standard InChI is InChI=1S/C22H26N4O3S/c1-25(22-19-6-2-3-7-20(19)30(28,29)24-22)16-21(27)23-14-17-8-10-18(11-9-17)15-26-12-4-5-13-26/h2-3,6-11H,4-5,12-16H2,1H3,(H,23,27). The number of nitrogens with zero attached hydrogens (tertiary/aromatic N) is 3. The molecule has 0 unspecified atom stereocenters. The van der Waals surface area contributed by atoms with Gasteiger partial charge in [-0.2, -0.15) is 8.42 Å². The topological polar surface area (TPSA) is 82.1 Å². The van der Waals surface area contributed by atoms with E-state index >= 15 is 0 Å². The average Bonchev–Trinajstić information content (AvgIpc) is 3.34. The first kappa shape index (κ1) is 20.6. The second kappa shape index (κ2) is 8.57. The molecule has 2 heterocycles. The predicted molar refractivity (Wildman–Crippen MR) is 116 cm³/mol. The molecule has 2 aliphatic rings. The summed E-state index contributed by atoms with van der Waals surface area (Å²) in [4.78, 5) is 16.6. The van der Waals surface area contributed by atoms with Gasteiger partial charge in [-0.3, -0.25) is 9.69 Å². The van der Waals surface area contributed by atoms with Crippen LogP contribution in [0.2, 0.25) is 0 Å². The van der Waals surface area contributed by atoms with Crippen LogP contribution in [0.4, 0.5) is 0 Å². The lowest BCUT2D eigenvalue weighted by Gasteiger charge is -2.18. The molecule has 2 aliphatic heterocycles. The second-order valence-corrected chi connectivity index (χ2v) is 9.39. The van der Waals surface area contributed by atoms with E-state index in [9.17, 15) is 13.2 Å². The number of sulfonamides is 1. The molecule has 1 fully saturated rings. The smallest absolute Gasteiger partial charge is 0.285 e. The Morgan fingerprint density at radius 2 is 1.73 bits per heavy atom. The molecule has 0 radical (unpaired) electrons. The number of likely N-dealkylation sites (tertiary alicyclic amines) is 1. The highest BCUT2D eigenvalue weighted by atomic mass is 32.2. The summed E-state index contributed by atoms with van der Waals surface area (Å²) in [5, 5.41) is 2.90. The first-order valence-electron chi connectivity index (χ1n) is 10.1. The summed E-state index contributed by atoms with van der Waals surface area (Å²) in [5.41, 5.74) is 2.84. The predicted octanol–water partition coefficient (Wildman–Crippen LogP) is 1.98. The van der Waals surface area contributed by atoms with Crippen molar-refractivity contribution in [1.82, 2.24) is 15.1 Å². The highest BCUT2D eigenvalue weighted by Gasteiger charge is 2.30. The average molecular weight is 427 g/mol. The summed E-state index contributed by atoms with van der Waals surface area (Å²) in [7, 11) is -2.02. The number of hydrogen-bond acceptors (Lipinski definition) is 5. The van der Waals surface area contributed by atoms with Crippen molar-refractivity contribution in [2.24, 2.45) is 4.40 Å². The summed E-state index contributed by atoms with van der Waals surface area (Å²) in [6, 6.07) is 15.0. The molecule has 1 amide bonds. The molecule has 1 saturated heterocycles. The Hall–Kier alpha value is -2.71. The molecule has 0 bridgehead atoms. The number of amidine groups is 1. The van der Waals surface area contributed by atoms with E-state index in [2.05, 4.69) is 26.7 Å². The molecule has 158 valence electrons. The van der Waals surface area contributed by atoms with E-state index < -0.39 is 10.0 Å². The summed E-state index contributed by atoms with van der Waals surface area (Å²) in [5.74, 6) is 0.107. The minimum atomic E-state index is -3.69. The molecule has 0 atom stereocenters. The second-order valence-electron chi connectivity index (χ2n) is 7.82. The Kier molecular flexibility index (Phi) is 5.87. The van der Waals surface area contributed by atoms with E-state index in [0.29, 0.717) is 17.9 Å². The SMILES string of the molecule is CN(CC(=O)NCc1ccc(CN2CCCC2)cc1)C1=NS(=O)(=O)c2ccccc21. The maximum Gasteiger partial charge on any atom is 0.285 e. The largest absolute Gasteiger partial charge is 0.350 e. The fourth-order valence-electron chi connectivity index (χ4n) is 3.87. The highest BCUT2D eigenvalue weighted by molar-refractivity contribution is 7.90. The summed E-state index contributed by atoms with van der Waals surface area (Å²) < 4.78 is 28.2. The zero-order valence-electron chi connectivity index (χ0n) is 17.0. The van der Waals surface area contributed by atoms with Gasteiger partial charge in [0.05, 0.1) is 6.54 Å². The Labute approximate surface area is 177 Å². The van der Waals surface area contributed by atoms with Crippen LogP contribution in [0.3, 0.4) is 0 Å². The number of fused-ring (bicyclic) bond motifs is 1. The van der Waals surface area contributed by atoms with Crippen molar-refractivity contribution in [3.63, 3.8) is 0 Å². The van der Waals surface area contributed by atoms with Crippen molar-refractivity contribution < 1.29 is 13.2 Å². The van der Waals surface area contributed by atoms with Crippen molar-refractivity contribution in [2.45, 2.75) is 30.8 Å². The van der Waals surface area contributed by atoms with Gasteiger partial charge < -0.3 is 10.2 Å². The molecule has 4 rings (SSSR count). The fourth-order valence-corrected chi connectivity index (χ4v) is 5.12. The van der Waals surface area contributed by atoms with Crippen LogP contribution in [0, 0.1) is 0 Å². The van der Waals surface area contributed by atoms with Gasteiger partial charge in [0.1, 0.15) is 4.90 Å². The monoisotopic (exact) mass is 426 g/mol. The van der Waals surface area contributed by atoms with Crippen LogP contribution >= 0.6 is 0 Å². The Balaban J connectivity index is 1.31. The van der Waals surface area contributed by atoms with E-state index in [1.807, 2.05) is 12.1 Å². The maximum atomic E-state index is 12.4. The normalized spacial score (nSPS) is 17.4. The van der Waals surface area contributed by atoms with Gasteiger partial charge >= 0.3 is 0 Å². The van der Waals surface area contributed by atoms with E-state index in [-0.39, 0.29) is 17.3 Å². The summed E-state index contributed by atoms with van der Waals surface area (Å²) >= 11 is 0. The lowest BCUT2D eigenvalue weighted by atomic mass is 10.1. The molecule has 0 spiro atoms.